The van der Waals surface area contributed by atoms with Gasteiger partial charge in [0, 0.05) is 11.9 Å². The minimum Gasteiger partial charge on any atom is -0.493 e. The fraction of sp³-hybridized carbons (Fsp3) is 0.318. The number of amides is 1. The van der Waals surface area contributed by atoms with Gasteiger partial charge in [-0.05, 0) is 66.7 Å². The third kappa shape index (κ3) is 6.22. The molecular weight excluding hydrogens is 419 g/mol. The van der Waals surface area contributed by atoms with Crippen LogP contribution in [0.5, 0.6) is 11.5 Å². The first-order valence-corrected chi connectivity index (χ1v) is 10.6. The molecule has 0 aliphatic rings. The number of ether oxygens (including phenoxy) is 2. The van der Waals surface area contributed by atoms with Crippen LogP contribution >= 0.6 is 11.5 Å². The van der Waals surface area contributed by atoms with Gasteiger partial charge in [0.2, 0.25) is 5.91 Å². The van der Waals surface area contributed by atoms with Crippen molar-refractivity contribution in [3.05, 3.63) is 70.5 Å². The molecule has 1 unspecified atom stereocenters. The number of nitrogens with one attached hydrogen (secondary N) is 1. The Kier molecular flexibility index (Phi) is 7.54. The first-order valence-electron chi connectivity index (χ1n) is 9.74. The fourth-order valence-corrected chi connectivity index (χ4v) is 3.47. The number of carbonyl (C=O) groups excluding carboxylic acids is 1. The van der Waals surface area contributed by atoms with Crippen LogP contribution in [0.4, 0.5) is 4.39 Å². The SMILES string of the molecule is COc1cc(CCC(C)(NCc2csnn2)C(N)=O)ccc1OCc1cccc(F)c1. The normalized spacial score (nSPS) is 12.9. The lowest BCUT2D eigenvalue weighted by Gasteiger charge is -2.27. The van der Waals surface area contributed by atoms with Crippen molar-refractivity contribution in [1.82, 2.24) is 14.9 Å². The van der Waals surface area contributed by atoms with Crippen LogP contribution in [0, 0.1) is 5.82 Å². The number of primary amides is 1. The highest BCUT2D eigenvalue weighted by molar-refractivity contribution is 7.03. The molecule has 1 aromatic heterocycles. The van der Waals surface area contributed by atoms with Gasteiger partial charge in [0.05, 0.1) is 18.3 Å². The van der Waals surface area contributed by atoms with Gasteiger partial charge in [-0.25, -0.2) is 4.39 Å². The van der Waals surface area contributed by atoms with Crippen LogP contribution < -0.4 is 20.5 Å². The zero-order valence-corrected chi connectivity index (χ0v) is 18.2. The molecule has 1 amide bonds. The Balaban J connectivity index is 1.63. The van der Waals surface area contributed by atoms with Gasteiger partial charge in [0.1, 0.15) is 12.4 Å². The maximum Gasteiger partial charge on any atom is 0.237 e. The van der Waals surface area contributed by atoms with Crippen LogP contribution in [-0.4, -0.2) is 28.1 Å². The Morgan fingerprint density at radius 3 is 2.74 bits per heavy atom. The molecule has 9 heteroatoms. The van der Waals surface area contributed by atoms with Gasteiger partial charge in [-0.2, -0.15) is 0 Å². The highest BCUT2D eigenvalue weighted by Crippen LogP contribution is 2.30. The van der Waals surface area contributed by atoms with Crippen molar-refractivity contribution in [1.29, 1.82) is 0 Å². The molecule has 3 N–H and O–H groups in total. The summed E-state index contributed by atoms with van der Waals surface area (Å²) in [4.78, 5) is 12.1. The number of aromatic nitrogens is 2. The van der Waals surface area contributed by atoms with E-state index in [0.717, 1.165) is 16.8 Å². The molecule has 0 aliphatic carbocycles. The molecule has 0 saturated heterocycles. The molecule has 1 atom stereocenters. The van der Waals surface area contributed by atoms with Gasteiger partial charge in [0.25, 0.3) is 0 Å². The zero-order chi connectivity index (χ0) is 22.3. The number of nitrogens with zero attached hydrogens (tertiary/aromatic N) is 2. The minimum absolute atomic E-state index is 0.225. The standard InChI is InChI=1S/C22H25FN4O3S/c1-22(21(24)28,25-12-18-14-31-27-26-18)9-8-15-6-7-19(20(11-15)29-2)30-13-16-4-3-5-17(23)10-16/h3-7,10-11,14,25H,8-9,12-13H2,1-2H3,(H2,24,28). The highest BCUT2D eigenvalue weighted by atomic mass is 32.1. The van der Waals surface area contributed by atoms with Crippen LogP contribution in [0.15, 0.2) is 47.8 Å². The first-order chi connectivity index (χ1) is 14.9. The second kappa shape index (κ2) is 10.3. The first kappa shape index (κ1) is 22.6. The van der Waals surface area contributed by atoms with E-state index in [-0.39, 0.29) is 12.4 Å². The molecule has 0 radical (unpaired) electrons. The average molecular weight is 445 g/mol. The van der Waals surface area contributed by atoms with E-state index in [4.69, 9.17) is 15.2 Å². The van der Waals surface area contributed by atoms with E-state index in [1.165, 1.54) is 23.7 Å². The number of rotatable bonds is 11. The average Bonchev–Trinajstić information content (AvgIpc) is 3.29. The molecule has 0 bridgehead atoms. The lowest BCUT2D eigenvalue weighted by Crippen LogP contribution is -2.53. The van der Waals surface area contributed by atoms with Gasteiger partial charge in [-0.1, -0.05) is 22.7 Å². The highest BCUT2D eigenvalue weighted by Gasteiger charge is 2.30. The van der Waals surface area contributed by atoms with Gasteiger partial charge >= 0.3 is 0 Å². The maximum atomic E-state index is 13.3. The molecule has 0 aliphatic heterocycles. The van der Waals surface area contributed by atoms with E-state index >= 15 is 0 Å². The molecule has 31 heavy (non-hydrogen) atoms. The molecule has 7 nitrogen and oxygen atoms in total. The van der Waals surface area contributed by atoms with Gasteiger partial charge in [0.15, 0.2) is 11.5 Å². The van der Waals surface area contributed by atoms with Crippen molar-refractivity contribution < 1.29 is 18.7 Å². The summed E-state index contributed by atoms with van der Waals surface area (Å²) in [6.07, 6.45) is 1.09. The third-order valence-electron chi connectivity index (χ3n) is 5.03. The number of carbonyl (C=O) groups is 1. The third-order valence-corrected chi connectivity index (χ3v) is 5.59. The topological polar surface area (TPSA) is 99.4 Å². The van der Waals surface area contributed by atoms with Crippen LogP contribution in [-0.2, 0) is 24.4 Å². The summed E-state index contributed by atoms with van der Waals surface area (Å²) < 4.78 is 28.4. The van der Waals surface area contributed by atoms with E-state index in [0.29, 0.717) is 30.9 Å². The summed E-state index contributed by atoms with van der Waals surface area (Å²) >= 11 is 1.26. The largest absolute Gasteiger partial charge is 0.493 e. The Hall–Kier alpha value is -3.04. The number of benzene rings is 2. The Bertz CT molecular complexity index is 1020. The Morgan fingerprint density at radius 1 is 1.23 bits per heavy atom. The lowest BCUT2D eigenvalue weighted by molar-refractivity contribution is -0.124. The summed E-state index contributed by atoms with van der Waals surface area (Å²) in [5.74, 6) is 0.386. The van der Waals surface area contributed by atoms with Crippen molar-refractivity contribution in [2.45, 2.75) is 38.5 Å². The summed E-state index contributed by atoms with van der Waals surface area (Å²) in [6, 6.07) is 11.8. The summed E-state index contributed by atoms with van der Waals surface area (Å²) in [6.45, 7) is 2.41. The van der Waals surface area contributed by atoms with Crippen molar-refractivity contribution in [3.63, 3.8) is 0 Å². The summed E-state index contributed by atoms with van der Waals surface area (Å²) in [5, 5.41) is 8.99. The van der Waals surface area contributed by atoms with E-state index in [1.807, 2.05) is 23.6 Å². The predicted octanol–water partition coefficient (Wildman–Crippen LogP) is 3.23. The monoisotopic (exact) mass is 444 g/mol. The quantitative estimate of drug-likeness (QED) is 0.471. The molecule has 0 saturated carbocycles. The van der Waals surface area contributed by atoms with Gasteiger partial charge in [-0.15, -0.1) is 5.10 Å². The zero-order valence-electron chi connectivity index (χ0n) is 17.4. The van der Waals surface area contributed by atoms with Crippen LogP contribution in [0.1, 0.15) is 30.2 Å². The van der Waals surface area contributed by atoms with Crippen molar-refractivity contribution in [2.75, 3.05) is 7.11 Å². The molecule has 2 aromatic carbocycles. The van der Waals surface area contributed by atoms with Gasteiger partial charge in [-0.3, -0.25) is 10.1 Å². The van der Waals surface area contributed by atoms with E-state index in [2.05, 4.69) is 14.9 Å². The van der Waals surface area contributed by atoms with Crippen LogP contribution in [0.25, 0.3) is 0 Å². The Morgan fingerprint density at radius 2 is 2.06 bits per heavy atom. The molecule has 0 fully saturated rings. The minimum atomic E-state index is -0.899. The number of hydrogen-bond donors (Lipinski definition) is 2. The van der Waals surface area contributed by atoms with Crippen LogP contribution in [0.3, 0.4) is 0 Å². The number of nitrogens with two attached hydrogens (primary N) is 1. The fourth-order valence-electron chi connectivity index (χ4n) is 3.01. The molecule has 1 heterocycles. The number of halogens is 1. The van der Waals surface area contributed by atoms with Crippen molar-refractivity contribution >= 4 is 17.4 Å². The number of hydrogen-bond acceptors (Lipinski definition) is 7. The predicted molar refractivity (Wildman–Crippen MR) is 116 cm³/mol. The molecule has 164 valence electrons. The molecule has 0 spiro atoms. The smallest absolute Gasteiger partial charge is 0.237 e. The van der Waals surface area contributed by atoms with E-state index in [1.54, 1.807) is 26.2 Å². The lowest BCUT2D eigenvalue weighted by atomic mass is 9.92. The second-order valence-corrected chi connectivity index (χ2v) is 7.96. The maximum absolute atomic E-state index is 13.3. The van der Waals surface area contributed by atoms with E-state index in [9.17, 15) is 9.18 Å². The summed E-state index contributed by atoms with van der Waals surface area (Å²) in [5.41, 5.74) is 7.22. The van der Waals surface area contributed by atoms with Crippen molar-refractivity contribution in [3.8, 4) is 11.5 Å². The molecule has 3 aromatic rings. The number of aryl methyl sites for hydroxylation is 1. The Labute approximate surface area is 184 Å². The van der Waals surface area contributed by atoms with Crippen molar-refractivity contribution in [2.24, 2.45) is 5.73 Å². The van der Waals surface area contributed by atoms with Crippen LogP contribution in [0.2, 0.25) is 0 Å². The number of methoxy groups -OCH3 is 1. The van der Waals surface area contributed by atoms with E-state index < -0.39 is 11.4 Å². The second-order valence-electron chi connectivity index (χ2n) is 7.35. The summed E-state index contributed by atoms with van der Waals surface area (Å²) in [7, 11) is 1.56. The van der Waals surface area contributed by atoms with Gasteiger partial charge < -0.3 is 15.2 Å². The molecule has 3 rings (SSSR count). The molecular formula is C22H25FN4O3S.